The molecule has 1 unspecified atom stereocenters. The normalized spacial score (nSPS) is 12.5. The van der Waals surface area contributed by atoms with E-state index in [-0.39, 0.29) is 18.4 Å². The molecule has 0 spiro atoms. The second-order valence-electron chi connectivity index (χ2n) is 7.54. The Kier molecular flexibility index (Phi) is 9.96. The van der Waals surface area contributed by atoms with Gasteiger partial charge in [0.25, 0.3) is 0 Å². The molecular weight excluding hydrogens is 332 g/mol. The van der Waals surface area contributed by atoms with Gasteiger partial charge in [0.2, 0.25) is 0 Å². The van der Waals surface area contributed by atoms with E-state index in [2.05, 4.69) is 0 Å². The molecule has 0 saturated carbocycles. The Hall–Kier alpha value is -1.88. The summed E-state index contributed by atoms with van der Waals surface area (Å²) >= 11 is 0. The zero-order valence-corrected chi connectivity index (χ0v) is 16.2. The average Bonchev–Trinajstić information content (AvgIpc) is 2.55. The van der Waals surface area contributed by atoms with Crippen LogP contribution in [0.4, 0.5) is 0 Å². The Labute approximate surface area is 156 Å². The zero-order valence-electron chi connectivity index (χ0n) is 16.2. The van der Waals surface area contributed by atoms with E-state index < -0.39 is 11.7 Å². The molecule has 0 heterocycles. The van der Waals surface area contributed by atoms with Gasteiger partial charge in [0, 0.05) is 6.42 Å². The van der Waals surface area contributed by atoms with E-state index in [0.29, 0.717) is 19.4 Å². The summed E-state index contributed by atoms with van der Waals surface area (Å²) in [7, 11) is 0. The standard InChI is InChI=1S/C21H32O5/c1-21(2,3)26-20(24)15-18(22)13-9-4-5-10-14-19(23)25-16-17-11-7-6-8-12-17/h6-8,11-12,18,22H,4-5,9-10,13-16H2,1-3H3. The minimum Gasteiger partial charge on any atom is -0.461 e. The van der Waals surface area contributed by atoms with Crippen LogP contribution in [0, 0.1) is 0 Å². The lowest BCUT2D eigenvalue weighted by atomic mass is 10.1. The van der Waals surface area contributed by atoms with Crippen molar-refractivity contribution in [1.82, 2.24) is 0 Å². The van der Waals surface area contributed by atoms with Crippen LogP contribution in [0.5, 0.6) is 0 Å². The van der Waals surface area contributed by atoms with Gasteiger partial charge in [-0.05, 0) is 39.2 Å². The minimum atomic E-state index is -0.666. The monoisotopic (exact) mass is 364 g/mol. The highest BCUT2D eigenvalue weighted by Gasteiger charge is 2.19. The van der Waals surface area contributed by atoms with Gasteiger partial charge in [0.05, 0.1) is 12.5 Å². The molecule has 0 fully saturated rings. The topological polar surface area (TPSA) is 72.8 Å². The van der Waals surface area contributed by atoms with Gasteiger partial charge in [0.15, 0.2) is 0 Å². The number of benzene rings is 1. The van der Waals surface area contributed by atoms with E-state index in [9.17, 15) is 14.7 Å². The summed E-state index contributed by atoms with van der Waals surface area (Å²) in [5.41, 5.74) is 0.464. The molecule has 1 atom stereocenters. The summed E-state index contributed by atoms with van der Waals surface area (Å²) in [5.74, 6) is -0.551. The van der Waals surface area contributed by atoms with Crippen LogP contribution in [-0.2, 0) is 25.7 Å². The minimum absolute atomic E-state index is 0.0308. The Morgan fingerprint density at radius 3 is 2.31 bits per heavy atom. The van der Waals surface area contributed by atoms with Gasteiger partial charge < -0.3 is 14.6 Å². The molecule has 5 nitrogen and oxygen atoms in total. The molecule has 0 aliphatic rings. The lowest BCUT2D eigenvalue weighted by Gasteiger charge is -2.20. The van der Waals surface area contributed by atoms with Crippen LogP contribution < -0.4 is 0 Å². The average molecular weight is 364 g/mol. The first-order valence-corrected chi connectivity index (χ1v) is 9.36. The Bertz CT molecular complexity index is 533. The molecule has 1 rings (SSSR count). The summed E-state index contributed by atoms with van der Waals surface area (Å²) in [4.78, 5) is 23.3. The molecule has 146 valence electrons. The van der Waals surface area contributed by atoms with Crippen LogP contribution in [0.1, 0.15) is 71.3 Å². The van der Waals surface area contributed by atoms with Gasteiger partial charge in [-0.2, -0.15) is 0 Å². The third-order valence-corrected chi connectivity index (χ3v) is 3.73. The molecule has 1 aromatic carbocycles. The van der Waals surface area contributed by atoms with Crippen LogP contribution in [0.2, 0.25) is 0 Å². The molecule has 0 amide bonds. The number of unbranched alkanes of at least 4 members (excludes halogenated alkanes) is 3. The number of aliphatic hydroxyl groups is 1. The Balaban J connectivity index is 2.01. The number of hydrogen-bond acceptors (Lipinski definition) is 5. The second kappa shape index (κ2) is 11.7. The summed E-state index contributed by atoms with van der Waals surface area (Å²) in [6, 6.07) is 9.61. The lowest BCUT2D eigenvalue weighted by molar-refractivity contribution is -0.157. The molecule has 26 heavy (non-hydrogen) atoms. The van der Waals surface area contributed by atoms with Crippen molar-refractivity contribution in [2.75, 3.05) is 0 Å². The Morgan fingerprint density at radius 1 is 1.00 bits per heavy atom. The van der Waals surface area contributed by atoms with Crippen molar-refractivity contribution in [2.45, 2.75) is 84.0 Å². The van der Waals surface area contributed by atoms with Crippen LogP contribution in [0.3, 0.4) is 0 Å². The third kappa shape index (κ3) is 11.6. The van der Waals surface area contributed by atoms with Crippen LogP contribution >= 0.6 is 0 Å². The maximum atomic E-state index is 11.7. The van der Waals surface area contributed by atoms with Gasteiger partial charge in [-0.1, -0.05) is 49.6 Å². The fourth-order valence-corrected chi connectivity index (χ4v) is 2.49. The molecule has 1 aromatic rings. The maximum Gasteiger partial charge on any atom is 0.308 e. The molecule has 0 aliphatic heterocycles. The fraction of sp³-hybridized carbons (Fsp3) is 0.619. The predicted octanol–water partition coefficient (Wildman–Crippen LogP) is 4.16. The first kappa shape index (κ1) is 22.2. The molecule has 1 N–H and O–H groups in total. The summed E-state index contributed by atoms with van der Waals surface area (Å²) < 4.78 is 10.4. The number of carbonyl (C=O) groups is 2. The van der Waals surface area contributed by atoms with Gasteiger partial charge in [0.1, 0.15) is 12.2 Å². The van der Waals surface area contributed by atoms with Crippen molar-refractivity contribution in [3.05, 3.63) is 35.9 Å². The van der Waals surface area contributed by atoms with Crippen LogP contribution in [0.25, 0.3) is 0 Å². The highest BCUT2D eigenvalue weighted by atomic mass is 16.6. The van der Waals surface area contributed by atoms with Crippen molar-refractivity contribution < 1.29 is 24.2 Å². The van der Waals surface area contributed by atoms with Crippen molar-refractivity contribution in [1.29, 1.82) is 0 Å². The number of carbonyl (C=O) groups excluding carboxylic acids is 2. The van der Waals surface area contributed by atoms with Gasteiger partial charge in [-0.3, -0.25) is 9.59 Å². The SMILES string of the molecule is CC(C)(C)OC(=O)CC(O)CCCCCCC(=O)OCc1ccccc1. The molecule has 0 radical (unpaired) electrons. The highest BCUT2D eigenvalue weighted by Crippen LogP contribution is 2.13. The van der Waals surface area contributed by atoms with Gasteiger partial charge >= 0.3 is 11.9 Å². The molecule has 5 heteroatoms. The maximum absolute atomic E-state index is 11.7. The number of esters is 2. The summed E-state index contributed by atoms with van der Waals surface area (Å²) in [5, 5.41) is 9.86. The molecular formula is C21H32O5. The molecule has 0 bridgehead atoms. The smallest absolute Gasteiger partial charge is 0.308 e. The van der Waals surface area contributed by atoms with Crippen LogP contribution in [0.15, 0.2) is 30.3 Å². The van der Waals surface area contributed by atoms with E-state index in [4.69, 9.17) is 9.47 Å². The molecule has 0 saturated heterocycles. The van der Waals surface area contributed by atoms with Crippen LogP contribution in [-0.4, -0.2) is 28.8 Å². The van der Waals surface area contributed by atoms with Crippen molar-refractivity contribution in [3.63, 3.8) is 0 Å². The van der Waals surface area contributed by atoms with Gasteiger partial charge in [-0.15, -0.1) is 0 Å². The first-order chi connectivity index (χ1) is 12.3. The van der Waals surface area contributed by atoms with E-state index in [1.54, 1.807) is 0 Å². The third-order valence-electron chi connectivity index (χ3n) is 3.73. The number of ether oxygens (including phenoxy) is 2. The Morgan fingerprint density at radius 2 is 1.65 bits per heavy atom. The van der Waals surface area contributed by atoms with E-state index >= 15 is 0 Å². The number of rotatable bonds is 11. The zero-order chi connectivity index (χ0) is 19.4. The number of aliphatic hydroxyl groups excluding tert-OH is 1. The molecule has 0 aromatic heterocycles. The quantitative estimate of drug-likeness (QED) is 0.471. The summed E-state index contributed by atoms with van der Waals surface area (Å²) in [6.07, 6.45) is 3.75. The van der Waals surface area contributed by atoms with Gasteiger partial charge in [-0.25, -0.2) is 0 Å². The van der Waals surface area contributed by atoms with E-state index in [1.165, 1.54) is 0 Å². The van der Waals surface area contributed by atoms with E-state index in [0.717, 1.165) is 31.2 Å². The number of hydrogen-bond donors (Lipinski definition) is 1. The first-order valence-electron chi connectivity index (χ1n) is 9.36. The van der Waals surface area contributed by atoms with Crippen molar-refractivity contribution in [2.24, 2.45) is 0 Å². The summed E-state index contributed by atoms with van der Waals surface area (Å²) in [6.45, 7) is 5.74. The molecule has 0 aliphatic carbocycles. The lowest BCUT2D eigenvalue weighted by Crippen LogP contribution is -2.26. The largest absolute Gasteiger partial charge is 0.461 e. The van der Waals surface area contributed by atoms with Crippen molar-refractivity contribution >= 4 is 11.9 Å². The fourth-order valence-electron chi connectivity index (χ4n) is 2.49. The highest BCUT2D eigenvalue weighted by molar-refractivity contribution is 5.70. The van der Waals surface area contributed by atoms with Crippen molar-refractivity contribution in [3.8, 4) is 0 Å². The second-order valence-corrected chi connectivity index (χ2v) is 7.54. The predicted molar refractivity (Wildman–Crippen MR) is 100 cm³/mol. The van der Waals surface area contributed by atoms with E-state index in [1.807, 2.05) is 51.1 Å².